The summed E-state index contributed by atoms with van der Waals surface area (Å²) in [4.78, 5) is 12.4. The Bertz CT molecular complexity index is 825. The van der Waals surface area contributed by atoms with Gasteiger partial charge in [-0.25, -0.2) is 8.42 Å². The third kappa shape index (κ3) is 5.96. The van der Waals surface area contributed by atoms with Gasteiger partial charge in [0, 0.05) is 17.3 Å². The number of benzene rings is 1. The molecule has 2 rings (SSSR count). The van der Waals surface area contributed by atoms with Crippen LogP contribution in [0.4, 0.5) is 5.69 Å². The molecule has 0 aliphatic heterocycles. The van der Waals surface area contributed by atoms with Crippen molar-refractivity contribution in [3.8, 4) is 0 Å². The average molecular weight is 417 g/mol. The van der Waals surface area contributed by atoms with E-state index in [9.17, 15) is 13.2 Å². The SMILES string of the molecule is CC(C(=O)NCCSCc1ccco1)N(c1cccc(Cl)c1)S(C)(=O)=O. The van der Waals surface area contributed by atoms with Crippen LogP contribution in [0.2, 0.25) is 5.02 Å². The zero-order chi connectivity index (χ0) is 19.2. The molecule has 0 saturated carbocycles. The van der Waals surface area contributed by atoms with E-state index in [0.717, 1.165) is 22.1 Å². The molecule has 1 aromatic heterocycles. The van der Waals surface area contributed by atoms with Crippen LogP contribution in [0.3, 0.4) is 0 Å². The number of thioether (sulfide) groups is 1. The van der Waals surface area contributed by atoms with Gasteiger partial charge >= 0.3 is 0 Å². The van der Waals surface area contributed by atoms with Crippen LogP contribution in [-0.2, 0) is 20.6 Å². The Labute approximate surface area is 162 Å². The molecule has 1 aromatic carbocycles. The van der Waals surface area contributed by atoms with E-state index in [-0.39, 0.29) is 5.91 Å². The van der Waals surface area contributed by atoms with Gasteiger partial charge in [0.05, 0.1) is 24.0 Å². The van der Waals surface area contributed by atoms with Crippen molar-refractivity contribution < 1.29 is 17.6 Å². The summed E-state index contributed by atoms with van der Waals surface area (Å²) in [6, 6.07) is 9.25. The molecule has 26 heavy (non-hydrogen) atoms. The molecule has 0 radical (unpaired) electrons. The summed E-state index contributed by atoms with van der Waals surface area (Å²) >= 11 is 7.57. The second-order valence-corrected chi connectivity index (χ2v) is 9.04. The Morgan fingerprint density at radius 1 is 1.35 bits per heavy atom. The molecule has 1 atom stereocenters. The lowest BCUT2D eigenvalue weighted by Crippen LogP contribution is -2.48. The van der Waals surface area contributed by atoms with Crippen LogP contribution in [0, 0.1) is 0 Å². The van der Waals surface area contributed by atoms with Crippen molar-refractivity contribution in [1.29, 1.82) is 0 Å². The molecule has 0 aliphatic carbocycles. The number of anilines is 1. The number of carbonyl (C=O) groups excluding carboxylic acids is 1. The summed E-state index contributed by atoms with van der Waals surface area (Å²) < 4.78 is 30.7. The Hall–Kier alpha value is -1.64. The van der Waals surface area contributed by atoms with Gasteiger partial charge in [0.2, 0.25) is 15.9 Å². The maximum atomic E-state index is 12.4. The van der Waals surface area contributed by atoms with Crippen LogP contribution in [0.5, 0.6) is 0 Å². The third-order valence-electron chi connectivity index (χ3n) is 3.52. The third-order valence-corrected chi connectivity index (χ3v) is 5.98. The number of furan rings is 1. The molecule has 142 valence electrons. The highest BCUT2D eigenvalue weighted by atomic mass is 35.5. The number of sulfonamides is 1. The lowest BCUT2D eigenvalue weighted by molar-refractivity contribution is -0.121. The smallest absolute Gasteiger partial charge is 0.243 e. The van der Waals surface area contributed by atoms with Crippen molar-refractivity contribution in [2.75, 3.05) is 22.9 Å². The van der Waals surface area contributed by atoms with Gasteiger partial charge in [-0.15, -0.1) is 0 Å². The number of amides is 1. The van der Waals surface area contributed by atoms with Gasteiger partial charge in [0.1, 0.15) is 11.8 Å². The van der Waals surface area contributed by atoms with Gasteiger partial charge in [0.25, 0.3) is 0 Å². The van der Waals surface area contributed by atoms with E-state index >= 15 is 0 Å². The lowest BCUT2D eigenvalue weighted by atomic mass is 10.2. The van der Waals surface area contributed by atoms with Crippen LogP contribution in [0.1, 0.15) is 12.7 Å². The molecule has 9 heteroatoms. The average Bonchev–Trinajstić information content (AvgIpc) is 3.06. The van der Waals surface area contributed by atoms with E-state index in [4.69, 9.17) is 16.0 Å². The number of hydrogen-bond acceptors (Lipinski definition) is 5. The summed E-state index contributed by atoms with van der Waals surface area (Å²) in [5.74, 6) is 1.92. The Morgan fingerprint density at radius 2 is 2.12 bits per heavy atom. The fourth-order valence-corrected chi connectivity index (χ4v) is 4.49. The first-order valence-electron chi connectivity index (χ1n) is 7.92. The molecule has 6 nitrogen and oxygen atoms in total. The van der Waals surface area contributed by atoms with Crippen molar-refractivity contribution in [2.24, 2.45) is 0 Å². The maximum Gasteiger partial charge on any atom is 0.243 e. The highest BCUT2D eigenvalue weighted by Crippen LogP contribution is 2.24. The zero-order valence-electron chi connectivity index (χ0n) is 14.5. The standard InChI is InChI=1S/C17H21ClN2O4S2/c1-13(17(21)19-8-10-25-12-16-7-4-9-24-16)20(26(2,22)23)15-6-3-5-14(18)11-15/h3-7,9,11,13H,8,10,12H2,1-2H3,(H,19,21). The van der Waals surface area contributed by atoms with Crippen molar-refractivity contribution in [2.45, 2.75) is 18.7 Å². The second-order valence-electron chi connectivity index (χ2n) is 5.64. The van der Waals surface area contributed by atoms with E-state index in [0.29, 0.717) is 23.0 Å². The predicted molar refractivity (Wildman–Crippen MR) is 106 cm³/mol. The summed E-state index contributed by atoms with van der Waals surface area (Å²) in [6.07, 6.45) is 2.69. The van der Waals surface area contributed by atoms with Crippen molar-refractivity contribution in [3.05, 3.63) is 53.4 Å². The number of halogens is 1. The number of nitrogens with one attached hydrogen (secondary N) is 1. The molecule has 1 unspecified atom stereocenters. The first kappa shape index (κ1) is 20.7. The van der Waals surface area contributed by atoms with Crippen LogP contribution in [0.15, 0.2) is 47.1 Å². The zero-order valence-corrected chi connectivity index (χ0v) is 16.9. The van der Waals surface area contributed by atoms with Crippen molar-refractivity contribution in [3.63, 3.8) is 0 Å². The fourth-order valence-electron chi connectivity index (χ4n) is 2.38. The molecule has 0 fully saturated rings. The predicted octanol–water partition coefficient (Wildman–Crippen LogP) is 3.14. The normalized spacial score (nSPS) is 12.6. The van der Waals surface area contributed by atoms with Crippen LogP contribution >= 0.6 is 23.4 Å². The van der Waals surface area contributed by atoms with E-state index in [2.05, 4.69) is 5.32 Å². The van der Waals surface area contributed by atoms with Gasteiger partial charge in [-0.1, -0.05) is 17.7 Å². The minimum atomic E-state index is -3.65. The summed E-state index contributed by atoms with van der Waals surface area (Å²) in [6.45, 7) is 1.98. The fraction of sp³-hybridized carbons (Fsp3) is 0.353. The van der Waals surface area contributed by atoms with E-state index in [1.807, 2.05) is 12.1 Å². The Balaban J connectivity index is 1.92. The second kappa shape index (κ2) is 9.34. The molecule has 0 bridgehead atoms. The molecule has 0 aliphatic rings. The Morgan fingerprint density at radius 3 is 2.73 bits per heavy atom. The number of rotatable bonds is 9. The molecule has 1 amide bonds. The van der Waals surface area contributed by atoms with Gasteiger partial charge in [-0.05, 0) is 37.3 Å². The molecular formula is C17H21ClN2O4S2. The van der Waals surface area contributed by atoms with E-state index in [1.54, 1.807) is 43.1 Å². The minimum Gasteiger partial charge on any atom is -0.468 e. The Kier molecular flexibility index (Phi) is 7.43. The van der Waals surface area contributed by atoms with Gasteiger partial charge in [-0.3, -0.25) is 9.10 Å². The molecule has 0 spiro atoms. The van der Waals surface area contributed by atoms with E-state index < -0.39 is 16.1 Å². The molecule has 0 saturated heterocycles. The van der Waals surface area contributed by atoms with Crippen molar-refractivity contribution in [1.82, 2.24) is 5.32 Å². The van der Waals surface area contributed by atoms with Gasteiger partial charge in [-0.2, -0.15) is 11.8 Å². The number of carbonyl (C=O) groups is 1. The molecular weight excluding hydrogens is 396 g/mol. The number of nitrogens with zero attached hydrogens (tertiary/aromatic N) is 1. The first-order chi connectivity index (χ1) is 12.3. The summed E-state index contributed by atoms with van der Waals surface area (Å²) in [7, 11) is -3.65. The summed E-state index contributed by atoms with van der Waals surface area (Å²) in [5.41, 5.74) is 0.356. The highest BCUT2D eigenvalue weighted by molar-refractivity contribution is 7.98. The lowest BCUT2D eigenvalue weighted by Gasteiger charge is -2.28. The highest BCUT2D eigenvalue weighted by Gasteiger charge is 2.28. The topological polar surface area (TPSA) is 79.6 Å². The monoisotopic (exact) mass is 416 g/mol. The molecule has 2 aromatic rings. The maximum absolute atomic E-state index is 12.4. The summed E-state index contributed by atoms with van der Waals surface area (Å²) in [5, 5.41) is 3.17. The molecule has 1 heterocycles. The van der Waals surface area contributed by atoms with Crippen LogP contribution < -0.4 is 9.62 Å². The van der Waals surface area contributed by atoms with Crippen LogP contribution in [0.25, 0.3) is 0 Å². The van der Waals surface area contributed by atoms with Gasteiger partial charge in [0.15, 0.2) is 0 Å². The van der Waals surface area contributed by atoms with Gasteiger partial charge < -0.3 is 9.73 Å². The molecule has 1 N–H and O–H groups in total. The quantitative estimate of drug-likeness (QED) is 0.635. The van der Waals surface area contributed by atoms with E-state index in [1.165, 1.54) is 6.07 Å². The largest absolute Gasteiger partial charge is 0.468 e. The van der Waals surface area contributed by atoms with Crippen molar-refractivity contribution >= 4 is 45.0 Å². The number of hydrogen-bond donors (Lipinski definition) is 1. The van der Waals surface area contributed by atoms with Crippen LogP contribution in [-0.4, -0.2) is 38.9 Å². The first-order valence-corrected chi connectivity index (χ1v) is 11.3. The minimum absolute atomic E-state index is 0.356.